The predicted molar refractivity (Wildman–Crippen MR) is 77.0 cm³/mol. The molecule has 2 saturated carbocycles. The Labute approximate surface area is 132 Å². The normalized spacial score (nSPS) is 32.8. The molecule has 1 amide bonds. The third kappa shape index (κ3) is 4.39. The van der Waals surface area contributed by atoms with Gasteiger partial charge in [0.2, 0.25) is 5.91 Å². The summed E-state index contributed by atoms with van der Waals surface area (Å²) >= 11 is 0. The molecule has 132 valence electrons. The lowest BCUT2D eigenvalue weighted by Crippen LogP contribution is -2.58. The summed E-state index contributed by atoms with van der Waals surface area (Å²) in [4.78, 5) is 34.0. The number of aliphatic carboxylic acids is 2. The van der Waals surface area contributed by atoms with Crippen molar-refractivity contribution in [1.82, 2.24) is 5.32 Å². The molecule has 0 aromatic carbocycles. The molecule has 0 bridgehead atoms. The van der Waals surface area contributed by atoms with E-state index in [-0.39, 0.29) is 12.3 Å². The quantitative estimate of drug-likeness (QED) is 0.376. The summed E-state index contributed by atoms with van der Waals surface area (Å²) in [7, 11) is -3.67. The zero-order chi connectivity index (χ0) is 18.2. The summed E-state index contributed by atoms with van der Waals surface area (Å²) in [5.74, 6) is -4.06. The van der Waals surface area contributed by atoms with Gasteiger partial charge in [-0.3, -0.25) is 14.1 Å². The molecule has 0 aliphatic heterocycles. The van der Waals surface area contributed by atoms with Gasteiger partial charge in [-0.1, -0.05) is 0 Å². The second-order valence-electron chi connectivity index (χ2n) is 5.88. The maximum absolute atomic E-state index is 11.6. The molecule has 0 aromatic heterocycles. The van der Waals surface area contributed by atoms with Gasteiger partial charge in [-0.25, -0.2) is 4.79 Å². The van der Waals surface area contributed by atoms with Gasteiger partial charge in [0.25, 0.3) is 10.1 Å². The Morgan fingerprint density at radius 1 is 1.30 bits per heavy atom. The summed E-state index contributed by atoms with van der Waals surface area (Å²) in [5, 5.41) is 20.8. The first kappa shape index (κ1) is 19.3. The first-order valence-electron chi connectivity index (χ1n) is 6.77. The van der Waals surface area contributed by atoms with Crippen LogP contribution in [0.25, 0.3) is 0 Å². The highest BCUT2D eigenvalue weighted by molar-refractivity contribution is 7.85. The van der Waals surface area contributed by atoms with Crippen molar-refractivity contribution in [1.29, 1.82) is 0 Å². The van der Waals surface area contributed by atoms with Gasteiger partial charge in [0.05, 0.1) is 18.2 Å². The SMILES string of the molecule is CC(N)C(=O)N[C@@]1(C(=O)O)CC[C@H]2[C@H](C(=O)O)[C@H]21.CS(=O)(=O)O. The Balaban J connectivity index is 0.000000463. The summed E-state index contributed by atoms with van der Waals surface area (Å²) in [6.45, 7) is 1.46. The molecular formula is C12H20N2O8S. The molecular weight excluding hydrogens is 332 g/mol. The summed E-state index contributed by atoms with van der Waals surface area (Å²) in [6.07, 6.45) is 1.49. The van der Waals surface area contributed by atoms with Gasteiger partial charge >= 0.3 is 11.9 Å². The summed E-state index contributed by atoms with van der Waals surface area (Å²) in [5.41, 5.74) is 3.95. The van der Waals surface area contributed by atoms with Gasteiger partial charge in [0, 0.05) is 5.92 Å². The predicted octanol–water partition coefficient (Wildman–Crippen LogP) is -1.48. The minimum absolute atomic E-state index is 0.146. The standard InChI is InChI=1S/C11H16N2O5.CH4O3S/c1-4(12)8(14)13-11(10(17)18)3-2-5-6(7(5)11)9(15)16;1-5(2,3)4/h4-7H,2-3,12H2,1H3,(H,13,14)(H,15,16)(H,17,18);1H3,(H,2,3,4)/t4?,5-,6-,7-,11-;/m0./s1. The van der Waals surface area contributed by atoms with Crippen LogP contribution in [-0.2, 0) is 24.5 Å². The Hall–Kier alpha value is -1.72. The van der Waals surface area contributed by atoms with Crippen LogP contribution in [0, 0.1) is 17.8 Å². The molecule has 2 aliphatic rings. The maximum Gasteiger partial charge on any atom is 0.329 e. The van der Waals surface area contributed by atoms with Crippen LogP contribution in [0.15, 0.2) is 0 Å². The highest BCUT2D eigenvalue weighted by Gasteiger charge is 2.72. The van der Waals surface area contributed by atoms with Gasteiger partial charge in [-0.2, -0.15) is 8.42 Å². The van der Waals surface area contributed by atoms with Crippen LogP contribution in [0.1, 0.15) is 19.8 Å². The highest BCUT2D eigenvalue weighted by atomic mass is 32.2. The molecule has 0 aromatic rings. The zero-order valence-corrected chi connectivity index (χ0v) is 13.4. The van der Waals surface area contributed by atoms with Crippen molar-refractivity contribution < 1.29 is 37.6 Å². The molecule has 23 heavy (non-hydrogen) atoms. The molecule has 1 unspecified atom stereocenters. The molecule has 0 saturated heterocycles. The summed E-state index contributed by atoms with van der Waals surface area (Å²) in [6, 6.07) is -0.817. The van der Waals surface area contributed by atoms with Crippen LogP contribution in [0.5, 0.6) is 0 Å². The van der Waals surface area contributed by atoms with Crippen LogP contribution in [0.3, 0.4) is 0 Å². The van der Waals surface area contributed by atoms with E-state index in [0.29, 0.717) is 12.7 Å². The average Bonchev–Trinajstić information content (AvgIpc) is 2.97. The van der Waals surface area contributed by atoms with E-state index in [1.54, 1.807) is 0 Å². The van der Waals surface area contributed by atoms with Crippen molar-refractivity contribution in [2.75, 3.05) is 6.26 Å². The van der Waals surface area contributed by atoms with E-state index in [4.69, 9.17) is 15.4 Å². The van der Waals surface area contributed by atoms with Crippen molar-refractivity contribution in [2.24, 2.45) is 23.5 Å². The molecule has 0 radical (unpaired) electrons. The Bertz CT molecular complexity index is 609. The second-order valence-corrected chi connectivity index (χ2v) is 7.35. The van der Waals surface area contributed by atoms with E-state index in [1.807, 2.05) is 0 Å². The molecule has 5 atom stereocenters. The van der Waals surface area contributed by atoms with Gasteiger partial charge in [0.1, 0.15) is 5.54 Å². The Morgan fingerprint density at radius 2 is 1.78 bits per heavy atom. The van der Waals surface area contributed by atoms with Crippen LogP contribution in [0.2, 0.25) is 0 Å². The number of fused-ring (bicyclic) bond motifs is 1. The third-order valence-corrected chi connectivity index (χ3v) is 4.04. The number of hydrogen-bond donors (Lipinski definition) is 5. The number of carbonyl (C=O) groups excluding carboxylic acids is 1. The minimum atomic E-state index is -3.67. The number of carboxylic acid groups (broad SMARTS) is 2. The lowest BCUT2D eigenvalue weighted by molar-refractivity contribution is -0.150. The number of nitrogens with two attached hydrogens (primary N) is 1. The molecule has 0 spiro atoms. The van der Waals surface area contributed by atoms with Crippen molar-refractivity contribution in [3.05, 3.63) is 0 Å². The van der Waals surface area contributed by atoms with Crippen LogP contribution in [-0.4, -0.2) is 58.9 Å². The van der Waals surface area contributed by atoms with E-state index < -0.39 is 51.4 Å². The fourth-order valence-electron chi connectivity index (χ4n) is 3.09. The number of rotatable bonds is 4. The fraction of sp³-hybridized carbons (Fsp3) is 0.750. The van der Waals surface area contributed by atoms with E-state index >= 15 is 0 Å². The van der Waals surface area contributed by atoms with E-state index in [1.165, 1.54) is 6.92 Å². The number of nitrogens with one attached hydrogen (secondary N) is 1. The number of amides is 1. The number of carboxylic acids is 2. The first-order chi connectivity index (χ1) is 10.3. The molecule has 11 heteroatoms. The van der Waals surface area contributed by atoms with Gasteiger partial charge in [-0.05, 0) is 25.7 Å². The van der Waals surface area contributed by atoms with Crippen molar-refractivity contribution in [2.45, 2.75) is 31.3 Å². The molecule has 6 N–H and O–H groups in total. The lowest BCUT2D eigenvalue weighted by atomic mass is 9.90. The molecule has 2 rings (SSSR count). The molecule has 2 fully saturated rings. The Morgan fingerprint density at radius 3 is 2.09 bits per heavy atom. The van der Waals surface area contributed by atoms with E-state index in [9.17, 15) is 27.9 Å². The maximum atomic E-state index is 11.6. The van der Waals surface area contributed by atoms with Crippen LogP contribution in [0.4, 0.5) is 0 Å². The fourth-order valence-corrected chi connectivity index (χ4v) is 3.09. The molecule has 10 nitrogen and oxygen atoms in total. The van der Waals surface area contributed by atoms with E-state index in [0.717, 1.165) is 0 Å². The highest BCUT2D eigenvalue weighted by Crippen LogP contribution is 2.62. The van der Waals surface area contributed by atoms with Gasteiger partial charge in [-0.15, -0.1) is 0 Å². The second kappa shape index (κ2) is 6.42. The minimum Gasteiger partial charge on any atom is -0.481 e. The lowest BCUT2D eigenvalue weighted by Gasteiger charge is -2.29. The van der Waals surface area contributed by atoms with Crippen molar-refractivity contribution in [3.63, 3.8) is 0 Å². The van der Waals surface area contributed by atoms with Crippen molar-refractivity contribution >= 4 is 28.0 Å². The summed E-state index contributed by atoms with van der Waals surface area (Å²) < 4.78 is 25.9. The number of hydrogen-bond acceptors (Lipinski definition) is 6. The average molecular weight is 352 g/mol. The van der Waals surface area contributed by atoms with Gasteiger partial charge < -0.3 is 21.3 Å². The largest absolute Gasteiger partial charge is 0.481 e. The van der Waals surface area contributed by atoms with Gasteiger partial charge in [0.15, 0.2) is 0 Å². The smallest absolute Gasteiger partial charge is 0.329 e. The van der Waals surface area contributed by atoms with Crippen molar-refractivity contribution in [3.8, 4) is 0 Å². The van der Waals surface area contributed by atoms with Crippen LogP contribution >= 0.6 is 0 Å². The Kier molecular flexibility index (Phi) is 5.39. The van der Waals surface area contributed by atoms with Crippen LogP contribution < -0.4 is 11.1 Å². The monoisotopic (exact) mass is 352 g/mol. The third-order valence-electron chi connectivity index (χ3n) is 4.04. The zero-order valence-electron chi connectivity index (χ0n) is 12.6. The van der Waals surface area contributed by atoms with E-state index in [2.05, 4.69) is 5.32 Å². The topological polar surface area (TPSA) is 184 Å². The number of carbonyl (C=O) groups is 3. The molecule has 0 heterocycles. The first-order valence-corrected chi connectivity index (χ1v) is 8.62. The molecule has 2 aliphatic carbocycles.